The van der Waals surface area contributed by atoms with Gasteiger partial charge in [0, 0.05) is 11.8 Å². The van der Waals surface area contributed by atoms with Crippen LogP contribution in [0.15, 0.2) is 36.7 Å². The van der Waals surface area contributed by atoms with Gasteiger partial charge in [0.2, 0.25) is 5.91 Å². The van der Waals surface area contributed by atoms with E-state index in [4.69, 9.17) is 4.74 Å². The summed E-state index contributed by atoms with van der Waals surface area (Å²) in [6.07, 6.45) is 4.23. The minimum atomic E-state index is -0.140. The third-order valence-electron chi connectivity index (χ3n) is 3.63. The summed E-state index contributed by atoms with van der Waals surface area (Å²) in [5.41, 5.74) is 2.06. The van der Waals surface area contributed by atoms with Crippen LogP contribution in [0.1, 0.15) is 24.1 Å². The number of fused-ring (bicyclic) bond motifs is 1. The third kappa shape index (κ3) is 2.52. The number of carbonyl (C=O) groups is 1. The molecule has 2 unspecified atom stereocenters. The summed E-state index contributed by atoms with van der Waals surface area (Å²) >= 11 is 0. The fourth-order valence-corrected chi connectivity index (χ4v) is 2.41. The number of benzene rings is 1. The molecule has 1 amide bonds. The molecule has 0 bridgehead atoms. The maximum absolute atomic E-state index is 12.3. The maximum Gasteiger partial charge on any atom is 0.227 e. The molecule has 0 fully saturated rings. The smallest absolute Gasteiger partial charge is 0.227 e. The van der Waals surface area contributed by atoms with Gasteiger partial charge in [0.15, 0.2) is 0 Å². The van der Waals surface area contributed by atoms with Gasteiger partial charge in [-0.15, -0.1) is 0 Å². The summed E-state index contributed by atoms with van der Waals surface area (Å²) in [5, 5.41) is 9.65. The number of hydrogen-bond acceptors (Lipinski definition) is 3. The zero-order valence-electron chi connectivity index (χ0n) is 11.3. The topological polar surface area (TPSA) is 67.0 Å². The summed E-state index contributed by atoms with van der Waals surface area (Å²) in [4.78, 5) is 12.3. The zero-order valence-corrected chi connectivity index (χ0v) is 11.3. The molecule has 2 atom stereocenters. The van der Waals surface area contributed by atoms with Crippen molar-refractivity contribution in [1.82, 2.24) is 15.5 Å². The van der Waals surface area contributed by atoms with Crippen molar-refractivity contribution in [2.75, 3.05) is 6.61 Å². The van der Waals surface area contributed by atoms with Crippen molar-refractivity contribution in [2.24, 2.45) is 5.92 Å². The average Bonchev–Trinajstić information content (AvgIpc) is 3.01. The van der Waals surface area contributed by atoms with E-state index in [9.17, 15) is 4.79 Å². The molecule has 2 heterocycles. The van der Waals surface area contributed by atoms with Gasteiger partial charge in [0.1, 0.15) is 12.4 Å². The van der Waals surface area contributed by atoms with Gasteiger partial charge in [-0.05, 0) is 25.0 Å². The van der Waals surface area contributed by atoms with Crippen LogP contribution in [0.25, 0.3) is 0 Å². The largest absolute Gasteiger partial charge is 0.492 e. The van der Waals surface area contributed by atoms with Crippen LogP contribution in [0.2, 0.25) is 0 Å². The number of aromatic amines is 1. The molecule has 1 aromatic carbocycles. The highest BCUT2D eigenvalue weighted by molar-refractivity contribution is 5.80. The monoisotopic (exact) mass is 271 g/mol. The van der Waals surface area contributed by atoms with Crippen LogP contribution in [0.3, 0.4) is 0 Å². The molecular formula is C15H17N3O2. The highest BCUT2D eigenvalue weighted by Gasteiger charge is 2.26. The Kier molecular flexibility index (Phi) is 3.41. The van der Waals surface area contributed by atoms with E-state index in [0.29, 0.717) is 6.61 Å². The van der Waals surface area contributed by atoms with Gasteiger partial charge < -0.3 is 10.1 Å². The first kappa shape index (κ1) is 12.7. The summed E-state index contributed by atoms with van der Waals surface area (Å²) in [5.74, 6) is 0.770. The predicted molar refractivity (Wildman–Crippen MR) is 74.3 cm³/mol. The van der Waals surface area contributed by atoms with Crippen LogP contribution in [0.4, 0.5) is 0 Å². The summed E-state index contributed by atoms with van der Waals surface area (Å²) in [6, 6.07) is 7.81. The van der Waals surface area contributed by atoms with Crippen molar-refractivity contribution in [1.29, 1.82) is 0 Å². The van der Waals surface area contributed by atoms with Crippen LogP contribution in [0, 0.1) is 5.92 Å². The third-order valence-corrected chi connectivity index (χ3v) is 3.63. The van der Waals surface area contributed by atoms with Crippen molar-refractivity contribution >= 4 is 5.91 Å². The van der Waals surface area contributed by atoms with Crippen LogP contribution in [-0.4, -0.2) is 22.7 Å². The van der Waals surface area contributed by atoms with Crippen LogP contribution < -0.4 is 10.1 Å². The number of carbonyl (C=O) groups excluding carboxylic acids is 1. The van der Waals surface area contributed by atoms with E-state index in [2.05, 4.69) is 15.5 Å². The van der Waals surface area contributed by atoms with Gasteiger partial charge >= 0.3 is 0 Å². The Morgan fingerprint density at radius 1 is 1.50 bits per heavy atom. The molecule has 0 spiro atoms. The van der Waals surface area contributed by atoms with Crippen LogP contribution in [-0.2, 0) is 11.2 Å². The van der Waals surface area contributed by atoms with Crippen molar-refractivity contribution in [3.05, 3.63) is 47.8 Å². The predicted octanol–water partition coefficient (Wildman–Crippen LogP) is 1.84. The van der Waals surface area contributed by atoms with E-state index in [-0.39, 0.29) is 17.9 Å². The van der Waals surface area contributed by atoms with E-state index in [1.807, 2.05) is 31.2 Å². The number of amides is 1. The number of ether oxygens (including phenoxy) is 1. The van der Waals surface area contributed by atoms with Gasteiger partial charge in [-0.25, -0.2) is 0 Å². The van der Waals surface area contributed by atoms with E-state index in [0.717, 1.165) is 23.3 Å². The fourth-order valence-electron chi connectivity index (χ4n) is 2.41. The molecule has 2 aromatic rings. The Labute approximate surface area is 117 Å². The quantitative estimate of drug-likeness (QED) is 0.895. The van der Waals surface area contributed by atoms with E-state index >= 15 is 0 Å². The highest BCUT2D eigenvalue weighted by Crippen LogP contribution is 2.27. The van der Waals surface area contributed by atoms with Crippen molar-refractivity contribution in [3.8, 4) is 5.75 Å². The molecule has 0 radical (unpaired) electrons. The lowest BCUT2D eigenvalue weighted by Crippen LogP contribution is -2.38. The van der Waals surface area contributed by atoms with Gasteiger partial charge in [-0.3, -0.25) is 9.89 Å². The molecule has 3 rings (SSSR count). The molecule has 1 aliphatic heterocycles. The molecule has 1 aliphatic rings. The van der Waals surface area contributed by atoms with Crippen molar-refractivity contribution < 1.29 is 9.53 Å². The van der Waals surface area contributed by atoms with Gasteiger partial charge in [-0.1, -0.05) is 18.2 Å². The Balaban J connectivity index is 1.64. The number of aromatic nitrogens is 2. The number of hydrogen-bond donors (Lipinski definition) is 2. The molecular weight excluding hydrogens is 254 g/mol. The Hall–Kier alpha value is -2.30. The maximum atomic E-state index is 12.3. The zero-order chi connectivity index (χ0) is 13.9. The molecule has 104 valence electrons. The van der Waals surface area contributed by atoms with E-state index in [1.165, 1.54) is 0 Å². The summed E-state index contributed by atoms with van der Waals surface area (Å²) < 4.78 is 5.65. The van der Waals surface area contributed by atoms with Crippen LogP contribution >= 0.6 is 0 Å². The standard InChI is InChI=1S/C15H17N3O2/c1-10(13-7-16-17-8-13)18-15(19)12-6-11-4-2-3-5-14(11)20-9-12/h2-5,7-8,10,12H,6,9H2,1H3,(H,16,17)(H,18,19). The number of H-pyrrole nitrogens is 1. The average molecular weight is 271 g/mol. The molecule has 0 saturated carbocycles. The number of rotatable bonds is 3. The van der Waals surface area contributed by atoms with Crippen LogP contribution in [0.5, 0.6) is 5.75 Å². The lowest BCUT2D eigenvalue weighted by molar-refractivity contribution is -0.126. The second-order valence-electron chi connectivity index (χ2n) is 5.08. The number of para-hydroxylation sites is 1. The second kappa shape index (κ2) is 5.36. The molecule has 2 N–H and O–H groups in total. The number of nitrogens with zero attached hydrogens (tertiary/aromatic N) is 1. The van der Waals surface area contributed by atoms with Gasteiger partial charge in [0.05, 0.1) is 18.2 Å². The van der Waals surface area contributed by atoms with Crippen molar-refractivity contribution in [2.45, 2.75) is 19.4 Å². The van der Waals surface area contributed by atoms with Gasteiger partial charge in [-0.2, -0.15) is 5.10 Å². The minimum Gasteiger partial charge on any atom is -0.492 e. The lowest BCUT2D eigenvalue weighted by Gasteiger charge is -2.25. The summed E-state index contributed by atoms with van der Waals surface area (Å²) in [7, 11) is 0. The fraction of sp³-hybridized carbons (Fsp3) is 0.333. The molecule has 20 heavy (non-hydrogen) atoms. The minimum absolute atomic E-state index is 0.0215. The summed E-state index contributed by atoms with van der Waals surface area (Å²) in [6.45, 7) is 2.38. The van der Waals surface area contributed by atoms with E-state index < -0.39 is 0 Å². The van der Waals surface area contributed by atoms with E-state index in [1.54, 1.807) is 12.4 Å². The first-order valence-electron chi connectivity index (χ1n) is 6.74. The SMILES string of the molecule is CC(NC(=O)C1COc2ccccc2C1)c1cn[nH]c1. The Bertz CT molecular complexity index is 595. The molecule has 0 saturated heterocycles. The molecule has 5 heteroatoms. The van der Waals surface area contributed by atoms with Gasteiger partial charge in [0.25, 0.3) is 0 Å². The lowest BCUT2D eigenvalue weighted by atomic mass is 9.95. The first-order chi connectivity index (χ1) is 9.74. The Morgan fingerprint density at radius 3 is 3.15 bits per heavy atom. The molecule has 1 aromatic heterocycles. The highest BCUT2D eigenvalue weighted by atomic mass is 16.5. The normalized spacial score (nSPS) is 18.8. The molecule has 5 nitrogen and oxygen atoms in total. The second-order valence-corrected chi connectivity index (χ2v) is 5.08. The van der Waals surface area contributed by atoms with Crippen molar-refractivity contribution in [3.63, 3.8) is 0 Å². The number of nitrogens with one attached hydrogen (secondary N) is 2. The molecule has 0 aliphatic carbocycles. The Morgan fingerprint density at radius 2 is 2.35 bits per heavy atom. The first-order valence-corrected chi connectivity index (χ1v) is 6.74.